The molecule has 0 fully saturated rings. The lowest BCUT2D eigenvalue weighted by molar-refractivity contribution is 0.0939. The molecule has 0 aromatic carbocycles. The third kappa shape index (κ3) is 3.30. The van der Waals surface area contributed by atoms with Crippen LogP contribution in [-0.2, 0) is 6.42 Å². The van der Waals surface area contributed by atoms with E-state index in [0.717, 1.165) is 6.42 Å². The van der Waals surface area contributed by atoms with Crippen LogP contribution in [0.25, 0.3) is 0 Å². The molecular formula is C13H14N2O2S. The van der Waals surface area contributed by atoms with E-state index in [-0.39, 0.29) is 17.5 Å². The van der Waals surface area contributed by atoms with E-state index >= 15 is 0 Å². The number of carbonyl (C=O) groups is 1. The summed E-state index contributed by atoms with van der Waals surface area (Å²) >= 11 is 1.65. The van der Waals surface area contributed by atoms with Gasteiger partial charge in [-0.05, 0) is 41.8 Å². The van der Waals surface area contributed by atoms with Gasteiger partial charge in [-0.25, -0.2) is 0 Å². The van der Waals surface area contributed by atoms with Gasteiger partial charge in [0.25, 0.3) is 5.91 Å². The van der Waals surface area contributed by atoms with E-state index in [9.17, 15) is 9.59 Å². The van der Waals surface area contributed by atoms with Crippen molar-refractivity contribution >= 4 is 17.2 Å². The first-order valence-electron chi connectivity index (χ1n) is 5.66. The molecule has 0 saturated carbocycles. The van der Waals surface area contributed by atoms with Crippen LogP contribution in [0.1, 0.15) is 22.8 Å². The van der Waals surface area contributed by atoms with Crippen LogP contribution < -0.4 is 10.9 Å². The van der Waals surface area contributed by atoms with Gasteiger partial charge in [-0.15, -0.1) is 0 Å². The van der Waals surface area contributed by atoms with Crippen molar-refractivity contribution in [3.63, 3.8) is 0 Å². The Bertz CT molecular complexity index is 554. The highest BCUT2D eigenvalue weighted by atomic mass is 32.1. The lowest BCUT2D eigenvalue weighted by atomic mass is 10.1. The van der Waals surface area contributed by atoms with E-state index in [4.69, 9.17) is 0 Å². The number of aromatic amines is 1. The van der Waals surface area contributed by atoms with E-state index in [0.29, 0.717) is 5.56 Å². The van der Waals surface area contributed by atoms with Crippen molar-refractivity contribution in [1.82, 2.24) is 10.3 Å². The van der Waals surface area contributed by atoms with Gasteiger partial charge >= 0.3 is 0 Å². The molecule has 1 atom stereocenters. The molecule has 0 aliphatic heterocycles. The summed E-state index contributed by atoms with van der Waals surface area (Å²) in [6, 6.07) is 4.97. The molecule has 2 N–H and O–H groups in total. The summed E-state index contributed by atoms with van der Waals surface area (Å²) in [6.45, 7) is 1.96. The molecule has 5 heteroatoms. The normalized spacial score (nSPS) is 12.1. The number of rotatable bonds is 4. The smallest absolute Gasteiger partial charge is 0.252 e. The van der Waals surface area contributed by atoms with E-state index < -0.39 is 0 Å². The summed E-state index contributed by atoms with van der Waals surface area (Å²) in [7, 11) is 0. The summed E-state index contributed by atoms with van der Waals surface area (Å²) in [4.78, 5) is 25.2. The van der Waals surface area contributed by atoms with Crippen LogP contribution in [0.2, 0.25) is 0 Å². The van der Waals surface area contributed by atoms with Crippen LogP contribution in [0.5, 0.6) is 0 Å². The minimum atomic E-state index is -0.210. The number of H-pyrrole nitrogens is 1. The summed E-state index contributed by atoms with van der Waals surface area (Å²) in [6.07, 6.45) is 2.23. The molecule has 2 aromatic heterocycles. The third-order valence-corrected chi connectivity index (χ3v) is 3.28. The van der Waals surface area contributed by atoms with Gasteiger partial charge in [-0.2, -0.15) is 11.3 Å². The monoisotopic (exact) mass is 262 g/mol. The SMILES string of the molecule is C[C@H](Cc1ccsc1)NC(=O)c1ccc(=O)[nH]c1. The van der Waals surface area contributed by atoms with Crippen molar-refractivity contribution in [3.8, 4) is 0 Å². The zero-order valence-corrected chi connectivity index (χ0v) is 10.8. The van der Waals surface area contributed by atoms with E-state index in [1.54, 1.807) is 11.3 Å². The molecule has 0 saturated heterocycles. The number of hydrogen-bond donors (Lipinski definition) is 2. The quantitative estimate of drug-likeness (QED) is 0.882. The summed E-state index contributed by atoms with van der Waals surface area (Å²) in [5.41, 5.74) is 1.47. The topological polar surface area (TPSA) is 62.0 Å². The number of nitrogens with one attached hydrogen (secondary N) is 2. The fourth-order valence-electron chi connectivity index (χ4n) is 1.67. The Morgan fingerprint density at radius 2 is 2.28 bits per heavy atom. The minimum Gasteiger partial charge on any atom is -0.349 e. The molecule has 2 heterocycles. The molecule has 0 bridgehead atoms. The van der Waals surface area contributed by atoms with Gasteiger partial charge in [0, 0.05) is 18.3 Å². The number of pyridine rings is 1. The Balaban J connectivity index is 1.94. The van der Waals surface area contributed by atoms with Gasteiger partial charge in [0.15, 0.2) is 0 Å². The molecule has 0 aliphatic carbocycles. The van der Waals surface area contributed by atoms with Crippen LogP contribution in [0.15, 0.2) is 40.0 Å². The average molecular weight is 262 g/mol. The lowest BCUT2D eigenvalue weighted by Crippen LogP contribution is -2.34. The lowest BCUT2D eigenvalue weighted by Gasteiger charge is -2.12. The van der Waals surface area contributed by atoms with E-state index in [2.05, 4.69) is 15.7 Å². The second-order valence-corrected chi connectivity index (χ2v) is 4.93. The minimum absolute atomic E-state index is 0.0547. The molecule has 2 rings (SSSR count). The molecule has 0 spiro atoms. The number of aromatic nitrogens is 1. The van der Waals surface area contributed by atoms with Crippen molar-refractivity contribution in [3.05, 3.63) is 56.6 Å². The molecule has 0 unspecified atom stereocenters. The standard InChI is InChI=1S/C13H14N2O2S/c1-9(6-10-4-5-18-8-10)15-13(17)11-2-3-12(16)14-7-11/h2-5,7-9H,6H2,1H3,(H,14,16)(H,15,17)/t9-/m1/s1. The van der Waals surface area contributed by atoms with E-state index in [1.165, 1.54) is 23.9 Å². The van der Waals surface area contributed by atoms with Gasteiger partial charge < -0.3 is 10.3 Å². The first-order valence-corrected chi connectivity index (χ1v) is 6.60. The van der Waals surface area contributed by atoms with Crippen LogP contribution in [-0.4, -0.2) is 16.9 Å². The fourth-order valence-corrected chi connectivity index (χ4v) is 2.35. The highest BCUT2D eigenvalue weighted by molar-refractivity contribution is 7.07. The molecule has 1 amide bonds. The average Bonchev–Trinajstić information content (AvgIpc) is 2.82. The first kappa shape index (κ1) is 12.6. The van der Waals surface area contributed by atoms with Gasteiger partial charge in [0.1, 0.15) is 0 Å². The number of carbonyl (C=O) groups excluding carboxylic acids is 1. The molecule has 0 aliphatic rings. The first-order chi connectivity index (χ1) is 8.65. The summed E-state index contributed by atoms with van der Waals surface area (Å²) in [5.74, 6) is -0.172. The second-order valence-electron chi connectivity index (χ2n) is 4.15. The van der Waals surface area contributed by atoms with Crippen LogP contribution in [0.3, 0.4) is 0 Å². The molecule has 18 heavy (non-hydrogen) atoms. The zero-order valence-electron chi connectivity index (χ0n) is 9.97. The highest BCUT2D eigenvalue weighted by Gasteiger charge is 2.10. The Kier molecular flexibility index (Phi) is 3.94. The summed E-state index contributed by atoms with van der Waals surface area (Å²) in [5, 5.41) is 6.99. The van der Waals surface area contributed by atoms with Gasteiger partial charge in [-0.3, -0.25) is 9.59 Å². The Hall–Kier alpha value is -1.88. The molecule has 2 aromatic rings. The second kappa shape index (κ2) is 5.64. The van der Waals surface area contributed by atoms with E-state index in [1.807, 2.05) is 18.4 Å². The predicted octanol–water partition coefficient (Wildman–Crippen LogP) is 1.80. The number of thiophene rings is 1. The van der Waals surface area contributed by atoms with Gasteiger partial charge in [-0.1, -0.05) is 0 Å². The number of amides is 1. The van der Waals surface area contributed by atoms with Gasteiger partial charge in [0.05, 0.1) is 5.56 Å². The van der Waals surface area contributed by atoms with Crippen molar-refractivity contribution in [2.24, 2.45) is 0 Å². The maximum atomic E-state index is 11.9. The maximum absolute atomic E-state index is 11.9. The predicted molar refractivity (Wildman–Crippen MR) is 72.0 cm³/mol. The summed E-state index contributed by atoms with van der Waals surface area (Å²) < 4.78 is 0. The van der Waals surface area contributed by atoms with Crippen molar-refractivity contribution in [2.45, 2.75) is 19.4 Å². The van der Waals surface area contributed by atoms with Crippen molar-refractivity contribution in [1.29, 1.82) is 0 Å². The molecular weight excluding hydrogens is 248 g/mol. The molecule has 4 nitrogen and oxygen atoms in total. The third-order valence-electron chi connectivity index (χ3n) is 2.55. The molecule has 0 radical (unpaired) electrons. The van der Waals surface area contributed by atoms with Crippen molar-refractivity contribution in [2.75, 3.05) is 0 Å². The number of hydrogen-bond acceptors (Lipinski definition) is 3. The molecule has 94 valence electrons. The van der Waals surface area contributed by atoms with Crippen molar-refractivity contribution < 1.29 is 4.79 Å². The van der Waals surface area contributed by atoms with Crippen LogP contribution >= 0.6 is 11.3 Å². The van der Waals surface area contributed by atoms with Crippen LogP contribution in [0, 0.1) is 0 Å². The zero-order chi connectivity index (χ0) is 13.0. The highest BCUT2D eigenvalue weighted by Crippen LogP contribution is 2.08. The van der Waals surface area contributed by atoms with Gasteiger partial charge in [0.2, 0.25) is 5.56 Å². The Morgan fingerprint density at radius 3 is 2.89 bits per heavy atom. The fraction of sp³-hybridized carbons (Fsp3) is 0.231. The maximum Gasteiger partial charge on any atom is 0.252 e. The largest absolute Gasteiger partial charge is 0.349 e. The van der Waals surface area contributed by atoms with Crippen LogP contribution in [0.4, 0.5) is 0 Å². The Labute approximate surface area is 109 Å². The Morgan fingerprint density at radius 1 is 1.44 bits per heavy atom.